The topological polar surface area (TPSA) is 42.0 Å². The van der Waals surface area contributed by atoms with Gasteiger partial charge in [-0.2, -0.15) is 0 Å². The van der Waals surface area contributed by atoms with Gasteiger partial charge in [0, 0.05) is 21.7 Å². The van der Waals surface area contributed by atoms with E-state index in [1.165, 1.54) is 4.88 Å². The van der Waals surface area contributed by atoms with E-state index < -0.39 is 0 Å². The summed E-state index contributed by atoms with van der Waals surface area (Å²) in [5, 5.41) is 4.90. The molecular formula is C17H14N2OS2. The number of aromatic nitrogens is 1. The van der Waals surface area contributed by atoms with E-state index in [9.17, 15) is 4.79 Å². The predicted octanol–water partition coefficient (Wildman–Crippen LogP) is 4.69. The minimum absolute atomic E-state index is 0.132. The Morgan fingerprint density at radius 2 is 1.95 bits per heavy atom. The van der Waals surface area contributed by atoms with Crippen molar-refractivity contribution >= 4 is 34.8 Å². The highest BCUT2D eigenvalue weighted by Gasteiger charge is 2.12. The molecule has 0 aliphatic carbocycles. The van der Waals surface area contributed by atoms with Crippen molar-refractivity contribution in [1.82, 2.24) is 4.98 Å². The van der Waals surface area contributed by atoms with Gasteiger partial charge in [-0.25, -0.2) is 4.98 Å². The van der Waals surface area contributed by atoms with Crippen LogP contribution in [0.4, 0.5) is 5.82 Å². The number of rotatable bonds is 5. The van der Waals surface area contributed by atoms with Crippen molar-refractivity contribution in [2.45, 2.75) is 10.6 Å². The van der Waals surface area contributed by atoms with Gasteiger partial charge >= 0.3 is 0 Å². The molecule has 0 bridgehead atoms. The fourth-order valence-corrected chi connectivity index (χ4v) is 3.77. The zero-order valence-corrected chi connectivity index (χ0v) is 13.4. The molecule has 5 heteroatoms. The Morgan fingerprint density at radius 3 is 2.73 bits per heavy atom. The third-order valence-electron chi connectivity index (χ3n) is 2.99. The molecule has 22 heavy (non-hydrogen) atoms. The van der Waals surface area contributed by atoms with Gasteiger partial charge in [-0.05, 0) is 35.7 Å². The Balaban J connectivity index is 1.74. The average molecular weight is 326 g/mol. The summed E-state index contributed by atoms with van der Waals surface area (Å²) in [7, 11) is 0. The number of carbonyl (C=O) groups excluding carboxylic acids is 1. The van der Waals surface area contributed by atoms with Crippen molar-refractivity contribution in [2.75, 3.05) is 5.32 Å². The number of nitrogens with one attached hydrogen (secondary N) is 1. The Bertz CT molecular complexity index is 742. The largest absolute Gasteiger partial charge is 0.307 e. The molecule has 1 amide bonds. The first-order chi connectivity index (χ1) is 10.8. The smallest absolute Gasteiger partial charge is 0.257 e. The van der Waals surface area contributed by atoms with Gasteiger partial charge in [0.1, 0.15) is 5.82 Å². The van der Waals surface area contributed by atoms with Crippen LogP contribution in [-0.4, -0.2) is 10.9 Å². The van der Waals surface area contributed by atoms with Crippen LogP contribution in [-0.2, 0) is 5.75 Å². The molecule has 0 aliphatic heterocycles. The van der Waals surface area contributed by atoms with Gasteiger partial charge in [-0.3, -0.25) is 4.79 Å². The van der Waals surface area contributed by atoms with E-state index in [1.54, 1.807) is 35.4 Å². The second kappa shape index (κ2) is 7.24. The third kappa shape index (κ3) is 3.75. The third-order valence-corrected chi connectivity index (χ3v) is 5.17. The standard InChI is InChI=1S/C17H14N2OS2/c20-17(19-16-9-3-4-10-18-16)14-7-1-2-8-15(14)22-12-13-6-5-11-21-13/h1-11H,12H2,(H,18,19,20). The molecular weight excluding hydrogens is 312 g/mol. The zero-order chi connectivity index (χ0) is 15.2. The molecule has 2 heterocycles. The molecule has 2 aromatic heterocycles. The highest BCUT2D eigenvalue weighted by Crippen LogP contribution is 2.28. The van der Waals surface area contributed by atoms with E-state index in [1.807, 2.05) is 42.5 Å². The predicted molar refractivity (Wildman–Crippen MR) is 92.5 cm³/mol. The van der Waals surface area contributed by atoms with Gasteiger partial charge in [0.05, 0.1) is 5.56 Å². The first-order valence-electron chi connectivity index (χ1n) is 6.79. The van der Waals surface area contributed by atoms with Crippen molar-refractivity contribution in [1.29, 1.82) is 0 Å². The second-order valence-corrected chi connectivity index (χ2v) is 6.58. The quantitative estimate of drug-likeness (QED) is 0.692. The summed E-state index contributed by atoms with van der Waals surface area (Å²) in [6.07, 6.45) is 1.66. The maximum Gasteiger partial charge on any atom is 0.257 e. The highest BCUT2D eigenvalue weighted by molar-refractivity contribution is 7.98. The molecule has 0 fully saturated rings. The molecule has 0 radical (unpaired) electrons. The maximum absolute atomic E-state index is 12.4. The lowest BCUT2D eigenvalue weighted by atomic mass is 10.2. The molecule has 3 aromatic rings. The number of anilines is 1. The molecule has 0 spiro atoms. The van der Waals surface area contributed by atoms with E-state index in [4.69, 9.17) is 0 Å². The summed E-state index contributed by atoms with van der Waals surface area (Å²) in [5.74, 6) is 1.30. The van der Waals surface area contributed by atoms with Crippen LogP contribution in [0.2, 0.25) is 0 Å². The van der Waals surface area contributed by atoms with Crippen LogP contribution in [0.25, 0.3) is 0 Å². The van der Waals surface area contributed by atoms with Crippen LogP contribution in [0.5, 0.6) is 0 Å². The fraction of sp³-hybridized carbons (Fsp3) is 0.0588. The average Bonchev–Trinajstić information content (AvgIpc) is 3.07. The highest BCUT2D eigenvalue weighted by atomic mass is 32.2. The van der Waals surface area contributed by atoms with Crippen molar-refractivity contribution in [2.24, 2.45) is 0 Å². The maximum atomic E-state index is 12.4. The van der Waals surface area contributed by atoms with Gasteiger partial charge in [0.2, 0.25) is 0 Å². The Labute approximate surface area is 137 Å². The van der Waals surface area contributed by atoms with Gasteiger partial charge in [-0.1, -0.05) is 24.3 Å². The van der Waals surface area contributed by atoms with Crippen molar-refractivity contribution in [3.05, 3.63) is 76.6 Å². The zero-order valence-electron chi connectivity index (χ0n) is 11.7. The normalized spacial score (nSPS) is 10.4. The molecule has 0 saturated heterocycles. The van der Waals surface area contributed by atoms with E-state index in [2.05, 4.69) is 21.7 Å². The molecule has 110 valence electrons. The van der Waals surface area contributed by atoms with Crippen LogP contribution < -0.4 is 5.32 Å². The first-order valence-corrected chi connectivity index (χ1v) is 8.66. The lowest BCUT2D eigenvalue weighted by Gasteiger charge is -2.09. The summed E-state index contributed by atoms with van der Waals surface area (Å²) in [6.45, 7) is 0. The number of nitrogens with zero attached hydrogens (tertiary/aromatic N) is 1. The number of benzene rings is 1. The summed E-state index contributed by atoms with van der Waals surface area (Å²) in [6, 6.07) is 17.2. The number of thioether (sulfide) groups is 1. The number of carbonyl (C=O) groups is 1. The van der Waals surface area contributed by atoms with Crippen LogP contribution in [0.15, 0.2) is 71.1 Å². The number of pyridine rings is 1. The Morgan fingerprint density at radius 1 is 1.09 bits per heavy atom. The summed E-state index contributed by atoms with van der Waals surface area (Å²) >= 11 is 3.40. The molecule has 0 saturated carbocycles. The molecule has 0 atom stereocenters. The number of hydrogen-bond acceptors (Lipinski definition) is 4. The molecule has 3 nitrogen and oxygen atoms in total. The fourth-order valence-electron chi connectivity index (χ4n) is 1.94. The van der Waals surface area contributed by atoms with Crippen LogP contribution in [0.1, 0.15) is 15.2 Å². The lowest BCUT2D eigenvalue weighted by Crippen LogP contribution is -2.13. The summed E-state index contributed by atoms with van der Waals surface area (Å²) < 4.78 is 0. The van der Waals surface area contributed by atoms with Crippen molar-refractivity contribution < 1.29 is 4.79 Å². The first kappa shape index (κ1) is 14.8. The van der Waals surface area contributed by atoms with Gasteiger partial charge in [0.15, 0.2) is 0 Å². The minimum atomic E-state index is -0.132. The van der Waals surface area contributed by atoms with E-state index in [0.29, 0.717) is 11.4 Å². The van der Waals surface area contributed by atoms with Crippen LogP contribution >= 0.6 is 23.1 Å². The second-order valence-electron chi connectivity index (χ2n) is 4.53. The molecule has 0 unspecified atom stereocenters. The Kier molecular flexibility index (Phi) is 4.88. The SMILES string of the molecule is O=C(Nc1ccccn1)c1ccccc1SCc1cccs1. The van der Waals surface area contributed by atoms with E-state index in [0.717, 1.165) is 10.6 Å². The molecule has 0 aliphatic rings. The van der Waals surface area contributed by atoms with Crippen LogP contribution in [0.3, 0.4) is 0 Å². The summed E-state index contributed by atoms with van der Waals surface area (Å²) in [5.41, 5.74) is 0.676. The van der Waals surface area contributed by atoms with Crippen molar-refractivity contribution in [3.63, 3.8) is 0 Å². The number of thiophene rings is 1. The molecule has 3 rings (SSSR count). The van der Waals surface area contributed by atoms with Gasteiger partial charge in [-0.15, -0.1) is 23.1 Å². The molecule has 1 N–H and O–H groups in total. The van der Waals surface area contributed by atoms with E-state index >= 15 is 0 Å². The monoisotopic (exact) mass is 326 g/mol. The minimum Gasteiger partial charge on any atom is -0.307 e. The van der Waals surface area contributed by atoms with Gasteiger partial charge < -0.3 is 5.32 Å². The summed E-state index contributed by atoms with van der Waals surface area (Å²) in [4.78, 5) is 18.8. The molecule has 1 aromatic carbocycles. The Hall–Kier alpha value is -2.11. The van der Waals surface area contributed by atoms with E-state index in [-0.39, 0.29) is 5.91 Å². The lowest BCUT2D eigenvalue weighted by molar-refractivity contribution is 0.102. The number of hydrogen-bond donors (Lipinski definition) is 1. The van der Waals surface area contributed by atoms with Crippen LogP contribution in [0, 0.1) is 0 Å². The van der Waals surface area contributed by atoms with Gasteiger partial charge in [0.25, 0.3) is 5.91 Å². The van der Waals surface area contributed by atoms with Crippen molar-refractivity contribution in [3.8, 4) is 0 Å². The number of amides is 1.